The van der Waals surface area contributed by atoms with Crippen molar-refractivity contribution < 1.29 is 9.52 Å². The highest BCUT2D eigenvalue weighted by atomic mass is 16.3. The first-order valence-corrected chi connectivity index (χ1v) is 15.8. The number of nitrogens with zero attached hydrogens (tertiary/aromatic N) is 3. The Hall–Kier alpha value is -6.59. The molecule has 0 aliphatic carbocycles. The van der Waals surface area contributed by atoms with Gasteiger partial charge in [0.1, 0.15) is 16.9 Å². The number of phenolic OH excluding ortho intramolecular Hbond substituents is 1. The lowest BCUT2D eigenvalue weighted by Gasteiger charge is -2.18. The zero-order valence-electron chi connectivity index (χ0n) is 25.7. The SMILES string of the molecule is Oc1ccc(-c2cccc3oc4ccccc4c23)c(-c2nc(-c3ccccc3)nc(-c3ccc4ccccc4c3)n2)c1-c1ccccc1. The van der Waals surface area contributed by atoms with E-state index in [1.165, 1.54) is 0 Å². The Morgan fingerprint density at radius 2 is 1.06 bits per heavy atom. The Bertz CT molecular complexity index is 2630. The van der Waals surface area contributed by atoms with Gasteiger partial charge >= 0.3 is 0 Å². The molecule has 0 saturated heterocycles. The van der Waals surface area contributed by atoms with Crippen molar-refractivity contribution in [2.45, 2.75) is 0 Å². The number of hydrogen-bond acceptors (Lipinski definition) is 5. The molecule has 1 N–H and O–H groups in total. The van der Waals surface area contributed by atoms with Crippen LogP contribution in [0.4, 0.5) is 0 Å². The largest absolute Gasteiger partial charge is 0.507 e. The summed E-state index contributed by atoms with van der Waals surface area (Å²) in [5.74, 6) is 1.69. The highest BCUT2D eigenvalue weighted by Crippen LogP contribution is 2.47. The molecule has 0 aliphatic rings. The minimum atomic E-state index is 0.137. The summed E-state index contributed by atoms with van der Waals surface area (Å²) < 4.78 is 6.30. The van der Waals surface area contributed by atoms with Crippen LogP contribution in [-0.2, 0) is 0 Å². The van der Waals surface area contributed by atoms with E-state index >= 15 is 0 Å². The second kappa shape index (κ2) is 11.3. The van der Waals surface area contributed by atoms with Gasteiger partial charge in [-0.15, -0.1) is 0 Å². The molecule has 0 aliphatic heterocycles. The van der Waals surface area contributed by atoms with E-state index in [1.807, 2.05) is 109 Å². The number of benzene rings is 7. The lowest BCUT2D eigenvalue weighted by Crippen LogP contribution is -2.02. The van der Waals surface area contributed by atoms with Crippen LogP contribution in [0.5, 0.6) is 5.75 Å². The summed E-state index contributed by atoms with van der Waals surface area (Å²) in [6, 6.07) is 52.2. The molecular weight excluding hydrogens is 590 g/mol. The van der Waals surface area contributed by atoms with E-state index in [4.69, 9.17) is 19.4 Å². The predicted molar refractivity (Wildman–Crippen MR) is 193 cm³/mol. The molecule has 0 atom stereocenters. The highest BCUT2D eigenvalue weighted by molar-refractivity contribution is 6.14. The summed E-state index contributed by atoms with van der Waals surface area (Å²) in [7, 11) is 0. The normalized spacial score (nSPS) is 11.4. The van der Waals surface area contributed by atoms with Crippen molar-refractivity contribution in [3.63, 3.8) is 0 Å². The van der Waals surface area contributed by atoms with Crippen LogP contribution < -0.4 is 0 Å². The average molecular weight is 618 g/mol. The molecule has 2 heterocycles. The summed E-state index contributed by atoms with van der Waals surface area (Å²) in [6.07, 6.45) is 0. The van der Waals surface area contributed by atoms with Crippen molar-refractivity contribution in [1.82, 2.24) is 15.0 Å². The average Bonchev–Trinajstić information content (AvgIpc) is 3.54. The van der Waals surface area contributed by atoms with Crippen LogP contribution in [0, 0.1) is 0 Å². The van der Waals surface area contributed by atoms with Crippen molar-refractivity contribution in [3.8, 4) is 62.2 Å². The quantitative estimate of drug-likeness (QED) is 0.208. The lowest BCUT2D eigenvalue weighted by molar-refractivity contribution is 0.477. The number of rotatable bonds is 5. The third kappa shape index (κ3) is 4.68. The monoisotopic (exact) mass is 617 g/mol. The number of hydrogen-bond donors (Lipinski definition) is 1. The van der Waals surface area contributed by atoms with E-state index in [2.05, 4.69) is 42.5 Å². The molecule has 9 rings (SSSR count). The van der Waals surface area contributed by atoms with E-state index in [-0.39, 0.29) is 5.75 Å². The van der Waals surface area contributed by atoms with Crippen molar-refractivity contribution in [2.24, 2.45) is 0 Å². The van der Waals surface area contributed by atoms with Gasteiger partial charge in [-0.25, -0.2) is 15.0 Å². The fourth-order valence-corrected chi connectivity index (χ4v) is 6.61. The van der Waals surface area contributed by atoms with Gasteiger partial charge in [-0.05, 0) is 57.8 Å². The molecule has 226 valence electrons. The molecule has 9 aromatic rings. The minimum Gasteiger partial charge on any atom is -0.507 e. The molecule has 0 radical (unpaired) electrons. The smallest absolute Gasteiger partial charge is 0.165 e. The van der Waals surface area contributed by atoms with Crippen LogP contribution in [0.15, 0.2) is 162 Å². The number of aromatic nitrogens is 3. The molecule has 7 aromatic carbocycles. The van der Waals surface area contributed by atoms with E-state index in [9.17, 15) is 5.11 Å². The Morgan fingerprint density at radius 3 is 1.88 bits per heavy atom. The Morgan fingerprint density at radius 1 is 0.417 bits per heavy atom. The molecule has 0 fully saturated rings. The Labute approximate surface area is 276 Å². The van der Waals surface area contributed by atoms with Crippen molar-refractivity contribution in [1.29, 1.82) is 0 Å². The highest BCUT2D eigenvalue weighted by Gasteiger charge is 2.24. The zero-order valence-corrected chi connectivity index (χ0v) is 25.7. The van der Waals surface area contributed by atoms with Gasteiger partial charge in [0.15, 0.2) is 17.5 Å². The van der Waals surface area contributed by atoms with Gasteiger partial charge in [-0.3, -0.25) is 0 Å². The van der Waals surface area contributed by atoms with Crippen LogP contribution in [-0.4, -0.2) is 20.1 Å². The van der Waals surface area contributed by atoms with Crippen LogP contribution >= 0.6 is 0 Å². The lowest BCUT2D eigenvalue weighted by atomic mass is 9.88. The summed E-state index contributed by atoms with van der Waals surface area (Å²) >= 11 is 0. The second-order valence-electron chi connectivity index (χ2n) is 11.8. The summed E-state index contributed by atoms with van der Waals surface area (Å²) in [4.78, 5) is 15.4. The first kappa shape index (κ1) is 27.7. The molecular formula is C43H27N3O2. The third-order valence-electron chi connectivity index (χ3n) is 8.84. The van der Waals surface area contributed by atoms with Gasteiger partial charge in [-0.2, -0.15) is 0 Å². The van der Waals surface area contributed by atoms with Crippen LogP contribution in [0.3, 0.4) is 0 Å². The van der Waals surface area contributed by atoms with Crippen molar-refractivity contribution in [3.05, 3.63) is 158 Å². The fraction of sp³-hybridized carbons (Fsp3) is 0. The first-order chi connectivity index (χ1) is 23.7. The van der Waals surface area contributed by atoms with Crippen molar-refractivity contribution in [2.75, 3.05) is 0 Å². The molecule has 48 heavy (non-hydrogen) atoms. The molecule has 0 bridgehead atoms. The predicted octanol–water partition coefficient (Wildman–Crippen LogP) is 11.0. The van der Waals surface area contributed by atoms with Gasteiger partial charge in [0, 0.05) is 33.0 Å². The molecule has 0 saturated carbocycles. The van der Waals surface area contributed by atoms with Gasteiger partial charge in [-0.1, -0.05) is 127 Å². The molecule has 5 heteroatoms. The number of aromatic hydroxyl groups is 1. The Balaban J connectivity index is 1.39. The van der Waals surface area contributed by atoms with Gasteiger partial charge in [0.05, 0.1) is 0 Å². The summed E-state index contributed by atoms with van der Waals surface area (Å²) in [5, 5.41) is 15.9. The number of para-hydroxylation sites is 1. The third-order valence-corrected chi connectivity index (χ3v) is 8.84. The van der Waals surface area contributed by atoms with Crippen LogP contribution in [0.1, 0.15) is 0 Å². The van der Waals surface area contributed by atoms with E-state index in [1.54, 1.807) is 6.07 Å². The van der Waals surface area contributed by atoms with E-state index in [0.717, 1.165) is 60.5 Å². The maximum atomic E-state index is 11.6. The topological polar surface area (TPSA) is 72.0 Å². The summed E-state index contributed by atoms with van der Waals surface area (Å²) in [5.41, 5.74) is 7.38. The molecule has 5 nitrogen and oxygen atoms in total. The van der Waals surface area contributed by atoms with Gasteiger partial charge in [0.2, 0.25) is 0 Å². The number of fused-ring (bicyclic) bond motifs is 4. The summed E-state index contributed by atoms with van der Waals surface area (Å²) in [6.45, 7) is 0. The minimum absolute atomic E-state index is 0.137. The van der Waals surface area contributed by atoms with Crippen LogP contribution in [0.2, 0.25) is 0 Å². The first-order valence-electron chi connectivity index (χ1n) is 15.8. The second-order valence-corrected chi connectivity index (χ2v) is 11.8. The van der Waals surface area contributed by atoms with Gasteiger partial charge in [0.25, 0.3) is 0 Å². The number of furan rings is 1. The maximum absolute atomic E-state index is 11.6. The van der Waals surface area contributed by atoms with Gasteiger partial charge < -0.3 is 9.52 Å². The van der Waals surface area contributed by atoms with Crippen LogP contribution in [0.25, 0.3) is 89.1 Å². The zero-order chi connectivity index (χ0) is 32.0. The van der Waals surface area contributed by atoms with E-state index < -0.39 is 0 Å². The standard InChI is InChI=1S/C43H27N3O2/c47-35-25-24-33(32-19-11-21-37-39(32)34-18-9-10-20-36(34)48-37)40(38(35)28-13-3-1-4-14-28)43-45-41(29-15-5-2-6-16-29)44-42(46-43)31-23-22-27-12-7-8-17-30(27)26-31/h1-26,47H. The Kier molecular flexibility index (Phi) is 6.54. The molecule has 2 aromatic heterocycles. The molecule has 0 unspecified atom stereocenters. The van der Waals surface area contributed by atoms with Crippen molar-refractivity contribution >= 4 is 32.7 Å². The van der Waals surface area contributed by atoms with E-state index in [0.29, 0.717) is 28.6 Å². The maximum Gasteiger partial charge on any atom is 0.165 e. The molecule has 0 amide bonds. The molecule has 0 spiro atoms. The fourth-order valence-electron chi connectivity index (χ4n) is 6.61. The number of phenols is 1.